The molecule has 2 heteroatoms. The number of nitriles is 1. The van der Waals surface area contributed by atoms with Crippen molar-refractivity contribution in [1.82, 2.24) is 0 Å². The van der Waals surface area contributed by atoms with E-state index in [-0.39, 0.29) is 6.04 Å². The first-order valence-corrected chi connectivity index (χ1v) is 7.02. The van der Waals surface area contributed by atoms with Gasteiger partial charge in [0.15, 0.2) is 0 Å². The van der Waals surface area contributed by atoms with Crippen LogP contribution in [0.3, 0.4) is 0 Å². The SMILES string of the molecule is Cc1ccc(NC(C#N)C2CCCCCC2)cc1. The van der Waals surface area contributed by atoms with Crippen LogP contribution in [0.4, 0.5) is 5.69 Å². The van der Waals surface area contributed by atoms with Gasteiger partial charge in [-0.1, -0.05) is 43.4 Å². The van der Waals surface area contributed by atoms with Crippen LogP contribution in [0.15, 0.2) is 24.3 Å². The van der Waals surface area contributed by atoms with Crippen molar-refractivity contribution in [2.75, 3.05) is 5.32 Å². The predicted octanol–water partition coefficient (Wildman–Crippen LogP) is 4.27. The average molecular weight is 242 g/mol. The molecular weight excluding hydrogens is 220 g/mol. The highest BCUT2D eigenvalue weighted by molar-refractivity contribution is 5.46. The molecule has 96 valence electrons. The molecule has 0 spiro atoms. The Morgan fingerprint density at radius 1 is 1.11 bits per heavy atom. The highest BCUT2D eigenvalue weighted by atomic mass is 14.9. The van der Waals surface area contributed by atoms with Crippen LogP contribution < -0.4 is 5.32 Å². The molecule has 0 amide bonds. The number of aryl methyl sites for hydroxylation is 1. The highest BCUT2D eigenvalue weighted by Crippen LogP contribution is 2.27. The van der Waals surface area contributed by atoms with Gasteiger partial charge in [-0.2, -0.15) is 5.26 Å². The maximum Gasteiger partial charge on any atom is 0.117 e. The summed E-state index contributed by atoms with van der Waals surface area (Å²) in [6.07, 6.45) is 7.60. The van der Waals surface area contributed by atoms with Crippen LogP contribution in [0.25, 0.3) is 0 Å². The Morgan fingerprint density at radius 2 is 1.72 bits per heavy atom. The summed E-state index contributed by atoms with van der Waals surface area (Å²) in [4.78, 5) is 0. The van der Waals surface area contributed by atoms with Crippen molar-refractivity contribution in [2.24, 2.45) is 5.92 Å². The second kappa shape index (κ2) is 6.44. The minimum Gasteiger partial charge on any atom is -0.370 e. The monoisotopic (exact) mass is 242 g/mol. The smallest absolute Gasteiger partial charge is 0.117 e. The zero-order chi connectivity index (χ0) is 12.8. The van der Waals surface area contributed by atoms with Gasteiger partial charge in [-0.15, -0.1) is 0 Å². The lowest BCUT2D eigenvalue weighted by Crippen LogP contribution is -2.27. The van der Waals surface area contributed by atoms with Crippen molar-refractivity contribution in [1.29, 1.82) is 5.26 Å². The number of nitrogens with one attached hydrogen (secondary N) is 1. The van der Waals surface area contributed by atoms with Crippen molar-refractivity contribution >= 4 is 5.69 Å². The predicted molar refractivity (Wildman–Crippen MR) is 75.4 cm³/mol. The van der Waals surface area contributed by atoms with E-state index in [9.17, 15) is 5.26 Å². The molecule has 0 radical (unpaired) electrons. The second-order valence-corrected chi connectivity index (χ2v) is 5.37. The molecule has 1 fully saturated rings. The molecule has 0 saturated heterocycles. The molecule has 18 heavy (non-hydrogen) atoms. The molecule has 1 saturated carbocycles. The van der Waals surface area contributed by atoms with Crippen LogP contribution in [0, 0.1) is 24.2 Å². The van der Waals surface area contributed by atoms with Crippen LogP contribution in [0.1, 0.15) is 44.1 Å². The molecule has 0 aromatic heterocycles. The minimum absolute atomic E-state index is 0.0363. The molecule has 2 rings (SSSR count). The molecule has 1 N–H and O–H groups in total. The van der Waals surface area contributed by atoms with E-state index in [4.69, 9.17) is 0 Å². The van der Waals surface area contributed by atoms with Gasteiger partial charge in [-0.05, 0) is 37.8 Å². The Balaban J connectivity index is 2.00. The zero-order valence-corrected chi connectivity index (χ0v) is 11.2. The summed E-state index contributed by atoms with van der Waals surface area (Å²) in [7, 11) is 0. The third kappa shape index (κ3) is 3.50. The largest absolute Gasteiger partial charge is 0.370 e. The summed E-state index contributed by atoms with van der Waals surface area (Å²) < 4.78 is 0. The lowest BCUT2D eigenvalue weighted by Gasteiger charge is -2.22. The Labute approximate surface area is 110 Å². The van der Waals surface area contributed by atoms with Gasteiger partial charge < -0.3 is 5.32 Å². The summed E-state index contributed by atoms with van der Waals surface area (Å²) in [6, 6.07) is 10.7. The van der Waals surface area contributed by atoms with E-state index in [0.717, 1.165) is 5.69 Å². The van der Waals surface area contributed by atoms with Crippen molar-refractivity contribution in [3.8, 4) is 6.07 Å². The third-order valence-electron chi connectivity index (χ3n) is 3.88. The van der Waals surface area contributed by atoms with E-state index in [1.54, 1.807) is 0 Å². The maximum atomic E-state index is 9.37. The number of hydrogen-bond acceptors (Lipinski definition) is 2. The van der Waals surface area contributed by atoms with Crippen LogP contribution in [0.5, 0.6) is 0 Å². The van der Waals surface area contributed by atoms with Gasteiger partial charge in [0.05, 0.1) is 6.07 Å². The van der Waals surface area contributed by atoms with Gasteiger partial charge in [0.1, 0.15) is 6.04 Å². The molecule has 0 aliphatic heterocycles. The lowest BCUT2D eigenvalue weighted by atomic mass is 9.92. The van der Waals surface area contributed by atoms with Gasteiger partial charge in [0, 0.05) is 5.69 Å². The molecular formula is C16H22N2. The maximum absolute atomic E-state index is 9.37. The fraction of sp³-hybridized carbons (Fsp3) is 0.562. The summed E-state index contributed by atoms with van der Waals surface area (Å²) in [5, 5.41) is 12.8. The molecule has 2 nitrogen and oxygen atoms in total. The lowest BCUT2D eigenvalue weighted by molar-refractivity contribution is 0.439. The van der Waals surface area contributed by atoms with Crippen LogP contribution in [-0.4, -0.2) is 6.04 Å². The van der Waals surface area contributed by atoms with Crippen LogP contribution in [0.2, 0.25) is 0 Å². The van der Waals surface area contributed by atoms with Crippen LogP contribution in [-0.2, 0) is 0 Å². The Morgan fingerprint density at radius 3 is 2.28 bits per heavy atom. The Kier molecular flexibility index (Phi) is 4.64. The first kappa shape index (κ1) is 13.0. The molecule has 1 unspecified atom stereocenters. The third-order valence-corrected chi connectivity index (χ3v) is 3.88. The first-order valence-electron chi connectivity index (χ1n) is 7.02. The summed E-state index contributed by atoms with van der Waals surface area (Å²) in [5.41, 5.74) is 2.32. The first-order chi connectivity index (χ1) is 8.79. The Hall–Kier alpha value is -1.49. The van der Waals surface area contributed by atoms with Crippen LogP contribution >= 0.6 is 0 Å². The van der Waals surface area contributed by atoms with E-state index in [1.807, 2.05) is 0 Å². The van der Waals surface area contributed by atoms with E-state index >= 15 is 0 Å². The van der Waals surface area contributed by atoms with Crippen molar-refractivity contribution < 1.29 is 0 Å². The van der Waals surface area contributed by atoms with Crippen molar-refractivity contribution in [3.05, 3.63) is 29.8 Å². The molecule has 1 aromatic carbocycles. The van der Waals surface area contributed by atoms with Crippen molar-refractivity contribution in [2.45, 2.75) is 51.5 Å². The molecule has 0 heterocycles. The van der Waals surface area contributed by atoms with E-state index in [1.165, 1.54) is 44.1 Å². The fourth-order valence-electron chi connectivity index (χ4n) is 2.73. The average Bonchev–Trinajstić information content (AvgIpc) is 2.67. The number of rotatable bonds is 3. The highest BCUT2D eigenvalue weighted by Gasteiger charge is 2.22. The summed E-state index contributed by atoms with van der Waals surface area (Å²) >= 11 is 0. The fourth-order valence-corrected chi connectivity index (χ4v) is 2.73. The quantitative estimate of drug-likeness (QED) is 0.803. The van der Waals surface area contributed by atoms with Gasteiger partial charge in [0.2, 0.25) is 0 Å². The molecule has 1 aliphatic carbocycles. The second-order valence-electron chi connectivity index (χ2n) is 5.37. The van der Waals surface area contributed by atoms with Gasteiger partial charge in [-0.3, -0.25) is 0 Å². The van der Waals surface area contributed by atoms with Gasteiger partial charge in [-0.25, -0.2) is 0 Å². The van der Waals surface area contributed by atoms with Gasteiger partial charge >= 0.3 is 0 Å². The zero-order valence-electron chi connectivity index (χ0n) is 11.2. The normalized spacial score (nSPS) is 18.7. The molecule has 1 atom stereocenters. The standard InChI is InChI=1S/C16H22N2/c1-13-8-10-15(11-9-13)18-16(12-17)14-6-4-2-3-5-7-14/h8-11,14,16,18H,2-7H2,1H3. The van der Waals surface area contributed by atoms with E-state index in [0.29, 0.717) is 5.92 Å². The molecule has 0 bridgehead atoms. The minimum atomic E-state index is -0.0363. The topological polar surface area (TPSA) is 35.8 Å². The molecule has 1 aliphatic rings. The number of hydrogen-bond donors (Lipinski definition) is 1. The summed E-state index contributed by atoms with van der Waals surface area (Å²) in [5.74, 6) is 0.513. The van der Waals surface area contributed by atoms with E-state index in [2.05, 4.69) is 42.6 Å². The van der Waals surface area contributed by atoms with Crippen molar-refractivity contribution in [3.63, 3.8) is 0 Å². The summed E-state index contributed by atoms with van der Waals surface area (Å²) in [6.45, 7) is 2.08. The number of benzene rings is 1. The Bertz CT molecular complexity index is 394. The number of nitrogens with zero attached hydrogens (tertiary/aromatic N) is 1. The number of anilines is 1. The van der Waals surface area contributed by atoms with Gasteiger partial charge in [0.25, 0.3) is 0 Å². The van der Waals surface area contributed by atoms with E-state index < -0.39 is 0 Å². The molecule has 1 aromatic rings.